The van der Waals surface area contributed by atoms with Crippen LogP contribution in [-0.2, 0) is 10.3 Å². The quantitative estimate of drug-likeness (QED) is 0.681. The van der Waals surface area contributed by atoms with Crippen LogP contribution in [0.1, 0.15) is 0 Å². The molecular formula is C11H15N3O5S. The van der Waals surface area contributed by atoms with Crippen LogP contribution in [0.4, 0.5) is 0 Å². The zero-order valence-corrected chi connectivity index (χ0v) is 11.3. The van der Waals surface area contributed by atoms with Crippen molar-refractivity contribution in [2.24, 2.45) is 5.14 Å². The van der Waals surface area contributed by atoms with Gasteiger partial charge in [0.05, 0.1) is 12.9 Å². The van der Waals surface area contributed by atoms with Gasteiger partial charge in [-0.3, -0.25) is 4.55 Å². The lowest BCUT2D eigenvalue weighted by atomic mass is 10.3. The third-order valence-corrected chi connectivity index (χ3v) is 2.00. The van der Waals surface area contributed by atoms with E-state index in [9.17, 15) is 0 Å². The van der Waals surface area contributed by atoms with Crippen molar-refractivity contribution < 1.29 is 22.8 Å². The lowest BCUT2D eigenvalue weighted by molar-refractivity contribution is 0.201. The summed E-state index contributed by atoms with van der Waals surface area (Å²) in [5.74, 6) is 0.757. The molecule has 1 heterocycles. The van der Waals surface area contributed by atoms with E-state index in [1.165, 1.54) is 0 Å². The van der Waals surface area contributed by atoms with Crippen LogP contribution in [0.2, 0.25) is 0 Å². The van der Waals surface area contributed by atoms with E-state index in [2.05, 4.69) is 10.1 Å². The molecule has 0 aliphatic rings. The molecule has 0 unspecified atom stereocenters. The summed E-state index contributed by atoms with van der Waals surface area (Å²) >= 11 is 0. The SMILES string of the molecule is NS(=O)(=O)O.OCCOc1ccc(-n2ccnc2)cc1. The van der Waals surface area contributed by atoms with Crippen LogP contribution in [-0.4, -0.2) is 40.8 Å². The second-order valence-electron chi connectivity index (χ2n) is 3.55. The van der Waals surface area contributed by atoms with Crippen molar-refractivity contribution in [1.29, 1.82) is 0 Å². The van der Waals surface area contributed by atoms with Crippen LogP contribution >= 0.6 is 0 Å². The average molecular weight is 301 g/mol. The lowest BCUT2D eigenvalue weighted by Crippen LogP contribution is -2.08. The Morgan fingerprint density at radius 3 is 2.35 bits per heavy atom. The summed E-state index contributed by atoms with van der Waals surface area (Å²) in [5, 5.41) is 12.5. The molecule has 0 atom stereocenters. The predicted molar refractivity (Wildman–Crippen MR) is 71.9 cm³/mol. The number of nitrogens with zero attached hydrogens (tertiary/aromatic N) is 2. The third kappa shape index (κ3) is 6.85. The highest BCUT2D eigenvalue weighted by Gasteiger charge is 1.96. The maximum Gasteiger partial charge on any atom is 0.330 e. The first-order valence-corrected chi connectivity index (χ1v) is 6.97. The van der Waals surface area contributed by atoms with Gasteiger partial charge in [-0.2, -0.15) is 8.42 Å². The molecule has 0 amide bonds. The van der Waals surface area contributed by atoms with Gasteiger partial charge in [0.2, 0.25) is 0 Å². The van der Waals surface area contributed by atoms with E-state index in [0.717, 1.165) is 11.4 Å². The van der Waals surface area contributed by atoms with E-state index in [-0.39, 0.29) is 6.61 Å². The summed E-state index contributed by atoms with van der Waals surface area (Å²) in [4.78, 5) is 3.97. The minimum Gasteiger partial charge on any atom is -0.491 e. The monoisotopic (exact) mass is 301 g/mol. The molecule has 0 fully saturated rings. The third-order valence-electron chi connectivity index (χ3n) is 2.00. The number of hydrogen-bond donors (Lipinski definition) is 3. The molecule has 0 aliphatic heterocycles. The minimum atomic E-state index is -4.17. The molecule has 0 saturated heterocycles. The largest absolute Gasteiger partial charge is 0.491 e. The standard InChI is InChI=1S/C11H12N2O2.H3NO3S/c14-7-8-15-11-3-1-10(2-4-11)13-6-5-12-9-13;1-5(2,3)4/h1-6,9,14H,7-8H2;(H3,1,2,3,4). The van der Waals surface area contributed by atoms with Gasteiger partial charge in [0.1, 0.15) is 12.4 Å². The topological polar surface area (TPSA) is 128 Å². The van der Waals surface area contributed by atoms with Crippen molar-refractivity contribution in [1.82, 2.24) is 9.55 Å². The first kappa shape index (κ1) is 16.1. The van der Waals surface area contributed by atoms with Crippen LogP contribution in [0, 0.1) is 0 Å². The normalized spacial score (nSPS) is 10.6. The van der Waals surface area contributed by atoms with Crippen LogP contribution < -0.4 is 9.88 Å². The molecule has 20 heavy (non-hydrogen) atoms. The molecular weight excluding hydrogens is 286 g/mol. The van der Waals surface area contributed by atoms with Gasteiger partial charge in [-0.15, -0.1) is 0 Å². The van der Waals surface area contributed by atoms with Crippen LogP contribution in [0.3, 0.4) is 0 Å². The van der Waals surface area contributed by atoms with Gasteiger partial charge in [0.25, 0.3) is 0 Å². The molecule has 0 bridgehead atoms. The van der Waals surface area contributed by atoms with Gasteiger partial charge in [-0.05, 0) is 24.3 Å². The number of benzene rings is 1. The second-order valence-corrected chi connectivity index (χ2v) is 4.58. The molecule has 4 N–H and O–H groups in total. The highest BCUT2D eigenvalue weighted by molar-refractivity contribution is 7.83. The molecule has 9 heteroatoms. The summed E-state index contributed by atoms with van der Waals surface area (Å²) in [6.45, 7) is 0.355. The van der Waals surface area contributed by atoms with Crippen LogP contribution in [0.25, 0.3) is 5.69 Å². The molecule has 0 radical (unpaired) electrons. The molecule has 2 aromatic rings. The fourth-order valence-corrected chi connectivity index (χ4v) is 1.29. The number of rotatable bonds is 4. The summed E-state index contributed by atoms with van der Waals surface area (Å²) < 4.78 is 32.4. The van der Waals surface area contributed by atoms with E-state index in [4.69, 9.17) is 22.8 Å². The van der Waals surface area contributed by atoms with Crippen LogP contribution in [0.15, 0.2) is 43.0 Å². The van der Waals surface area contributed by atoms with Gasteiger partial charge in [-0.1, -0.05) is 0 Å². The predicted octanol–water partition coefficient (Wildman–Crippen LogP) is -0.00870. The van der Waals surface area contributed by atoms with Gasteiger partial charge in [0, 0.05) is 18.1 Å². The Labute approximate surface area is 116 Å². The maximum absolute atomic E-state index is 8.97. The molecule has 0 aliphatic carbocycles. The lowest BCUT2D eigenvalue weighted by Gasteiger charge is -2.05. The number of aliphatic hydroxyl groups is 1. The van der Waals surface area contributed by atoms with E-state index in [0.29, 0.717) is 6.61 Å². The summed E-state index contributed by atoms with van der Waals surface area (Å²) in [6.07, 6.45) is 5.35. The summed E-state index contributed by atoms with van der Waals surface area (Å²) in [6, 6.07) is 7.61. The summed E-state index contributed by atoms with van der Waals surface area (Å²) in [7, 11) is -4.17. The Hall–Kier alpha value is -1.94. The Kier molecular flexibility index (Phi) is 6.12. The fourth-order valence-electron chi connectivity index (χ4n) is 1.29. The molecule has 8 nitrogen and oxygen atoms in total. The molecule has 1 aromatic heterocycles. The minimum absolute atomic E-state index is 0.0310. The van der Waals surface area contributed by atoms with Crippen molar-refractivity contribution in [3.8, 4) is 11.4 Å². The van der Waals surface area contributed by atoms with Crippen molar-refractivity contribution in [2.45, 2.75) is 0 Å². The Morgan fingerprint density at radius 1 is 1.30 bits per heavy atom. The number of imidazole rings is 1. The average Bonchev–Trinajstić information content (AvgIpc) is 2.89. The second kappa shape index (κ2) is 7.60. The first-order chi connectivity index (χ1) is 9.40. The molecule has 110 valence electrons. The first-order valence-electron chi connectivity index (χ1n) is 5.47. The van der Waals surface area contributed by atoms with Gasteiger partial charge in [-0.25, -0.2) is 10.1 Å². The Bertz CT molecular complexity index is 587. The van der Waals surface area contributed by atoms with E-state index in [1.807, 2.05) is 35.0 Å². The highest BCUT2D eigenvalue weighted by atomic mass is 32.2. The van der Waals surface area contributed by atoms with Crippen molar-refractivity contribution >= 4 is 10.3 Å². The number of hydrogen-bond acceptors (Lipinski definition) is 5. The van der Waals surface area contributed by atoms with Crippen molar-refractivity contribution in [2.75, 3.05) is 13.2 Å². The van der Waals surface area contributed by atoms with Crippen LogP contribution in [0.5, 0.6) is 5.75 Å². The smallest absolute Gasteiger partial charge is 0.330 e. The van der Waals surface area contributed by atoms with E-state index >= 15 is 0 Å². The van der Waals surface area contributed by atoms with Crippen molar-refractivity contribution in [3.63, 3.8) is 0 Å². The molecule has 2 rings (SSSR count). The molecule has 0 spiro atoms. The number of aromatic nitrogens is 2. The summed E-state index contributed by atoms with van der Waals surface area (Å²) in [5.41, 5.74) is 1.03. The van der Waals surface area contributed by atoms with E-state index < -0.39 is 10.3 Å². The number of ether oxygens (including phenoxy) is 1. The zero-order valence-electron chi connectivity index (χ0n) is 10.5. The molecule has 1 aromatic carbocycles. The van der Waals surface area contributed by atoms with Gasteiger partial charge < -0.3 is 14.4 Å². The number of aliphatic hydroxyl groups excluding tert-OH is 1. The van der Waals surface area contributed by atoms with Gasteiger partial charge in [0.15, 0.2) is 0 Å². The van der Waals surface area contributed by atoms with E-state index in [1.54, 1.807) is 12.5 Å². The molecule has 0 saturated carbocycles. The fraction of sp³-hybridized carbons (Fsp3) is 0.182. The maximum atomic E-state index is 8.97. The van der Waals surface area contributed by atoms with Gasteiger partial charge >= 0.3 is 10.3 Å². The number of nitrogens with two attached hydrogens (primary N) is 1. The van der Waals surface area contributed by atoms with Crippen molar-refractivity contribution in [3.05, 3.63) is 43.0 Å². The Morgan fingerprint density at radius 2 is 1.90 bits per heavy atom. The Balaban J connectivity index is 0.000000347. The zero-order chi connectivity index (χ0) is 15.0. The highest BCUT2D eigenvalue weighted by Crippen LogP contribution is 2.14.